The monoisotopic (exact) mass is 235 g/mol. The molecule has 1 heteroatoms. The molecule has 0 spiro atoms. The summed E-state index contributed by atoms with van der Waals surface area (Å²) >= 11 is 0. The average Bonchev–Trinajstić information content (AvgIpc) is 2.63. The van der Waals surface area contributed by atoms with Crippen molar-refractivity contribution in [2.75, 3.05) is 0 Å². The van der Waals surface area contributed by atoms with Gasteiger partial charge in [-0.2, -0.15) is 0 Å². The molecule has 0 saturated carbocycles. The molecule has 2 aromatic rings. The van der Waals surface area contributed by atoms with E-state index in [0.29, 0.717) is 0 Å². The van der Waals surface area contributed by atoms with Gasteiger partial charge in [-0.15, -0.1) is 0 Å². The maximum absolute atomic E-state index is 4.59. The Bertz CT molecular complexity index is 555. The second-order valence-corrected chi connectivity index (χ2v) is 4.80. The van der Waals surface area contributed by atoms with Crippen molar-refractivity contribution in [2.45, 2.75) is 25.7 Å². The number of aromatic nitrogens is 1. The van der Waals surface area contributed by atoms with Crippen molar-refractivity contribution in [1.29, 1.82) is 0 Å². The Labute approximate surface area is 108 Å². The van der Waals surface area contributed by atoms with Gasteiger partial charge in [-0.25, -0.2) is 0 Å². The molecule has 18 heavy (non-hydrogen) atoms. The van der Waals surface area contributed by atoms with E-state index in [0.717, 1.165) is 12.8 Å². The van der Waals surface area contributed by atoms with Gasteiger partial charge in [-0.1, -0.05) is 36.4 Å². The van der Waals surface area contributed by atoms with Crippen LogP contribution in [0.3, 0.4) is 0 Å². The lowest BCUT2D eigenvalue weighted by Crippen LogP contribution is -1.93. The van der Waals surface area contributed by atoms with Gasteiger partial charge in [0.2, 0.25) is 0 Å². The fourth-order valence-electron chi connectivity index (χ4n) is 2.57. The zero-order valence-corrected chi connectivity index (χ0v) is 10.5. The molecule has 1 aromatic heterocycles. The average molecular weight is 235 g/mol. The van der Waals surface area contributed by atoms with Gasteiger partial charge in [0.05, 0.1) is 5.69 Å². The Hall–Kier alpha value is -1.89. The van der Waals surface area contributed by atoms with Crippen molar-refractivity contribution in [3.05, 3.63) is 65.5 Å². The molecule has 3 rings (SSSR count). The summed E-state index contributed by atoms with van der Waals surface area (Å²) in [6.45, 7) is 0. The van der Waals surface area contributed by atoms with E-state index in [-0.39, 0.29) is 0 Å². The van der Waals surface area contributed by atoms with E-state index < -0.39 is 0 Å². The highest BCUT2D eigenvalue weighted by atomic mass is 14.7. The zero-order chi connectivity index (χ0) is 12.2. The highest BCUT2D eigenvalue weighted by Gasteiger charge is 2.12. The number of rotatable bonds is 1. The summed E-state index contributed by atoms with van der Waals surface area (Å²) in [6, 6.07) is 14.8. The summed E-state index contributed by atoms with van der Waals surface area (Å²) in [7, 11) is 0. The number of aryl methyl sites for hydroxylation is 1. The smallest absolute Gasteiger partial charge is 0.0693 e. The molecule has 1 aromatic carbocycles. The molecule has 0 bridgehead atoms. The molecule has 1 heterocycles. The van der Waals surface area contributed by atoms with E-state index >= 15 is 0 Å². The third-order valence-corrected chi connectivity index (χ3v) is 3.48. The van der Waals surface area contributed by atoms with Gasteiger partial charge in [0.25, 0.3) is 0 Å². The quantitative estimate of drug-likeness (QED) is 0.670. The minimum Gasteiger partial charge on any atom is -0.256 e. The molecule has 0 amide bonds. The lowest BCUT2D eigenvalue weighted by Gasteiger charge is -2.07. The summed E-state index contributed by atoms with van der Waals surface area (Å²) in [5, 5.41) is 0. The lowest BCUT2D eigenvalue weighted by atomic mass is 10.0. The van der Waals surface area contributed by atoms with Crippen molar-refractivity contribution in [2.24, 2.45) is 0 Å². The molecule has 1 aliphatic carbocycles. The van der Waals surface area contributed by atoms with E-state index in [1.807, 2.05) is 12.3 Å². The predicted octanol–water partition coefficient (Wildman–Crippen LogP) is 4.35. The van der Waals surface area contributed by atoms with Crippen LogP contribution in [0.1, 0.15) is 36.1 Å². The van der Waals surface area contributed by atoms with Crippen LogP contribution in [0.4, 0.5) is 0 Å². The Morgan fingerprint density at radius 1 is 0.889 bits per heavy atom. The second kappa shape index (κ2) is 5.18. The lowest BCUT2D eigenvalue weighted by molar-refractivity contribution is 0.771. The van der Waals surface area contributed by atoms with E-state index in [2.05, 4.69) is 47.5 Å². The Morgan fingerprint density at radius 2 is 1.72 bits per heavy atom. The predicted molar refractivity (Wildman–Crippen MR) is 76.1 cm³/mol. The van der Waals surface area contributed by atoms with E-state index in [1.54, 1.807) is 0 Å². The number of hydrogen-bond donors (Lipinski definition) is 0. The van der Waals surface area contributed by atoms with Crippen LogP contribution in [0, 0.1) is 0 Å². The van der Waals surface area contributed by atoms with Crippen LogP contribution in [0.5, 0.6) is 0 Å². The minimum absolute atomic E-state index is 1.14. The first kappa shape index (κ1) is 11.2. The van der Waals surface area contributed by atoms with Crippen LogP contribution in [-0.2, 0) is 6.42 Å². The van der Waals surface area contributed by atoms with Gasteiger partial charge in [-0.05, 0) is 54.5 Å². The van der Waals surface area contributed by atoms with Crippen LogP contribution in [0.2, 0.25) is 0 Å². The van der Waals surface area contributed by atoms with E-state index in [4.69, 9.17) is 0 Å². The molecule has 0 saturated heterocycles. The number of nitrogens with zero attached hydrogens (tertiary/aromatic N) is 1. The van der Waals surface area contributed by atoms with E-state index in [1.165, 1.54) is 35.2 Å². The van der Waals surface area contributed by atoms with Gasteiger partial charge >= 0.3 is 0 Å². The largest absolute Gasteiger partial charge is 0.256 e. The van der Waals surface area contributed by atoms with Gasteiger partial charge < -0.3 is 0 Å². The van der Waals surface area contributed by atoms with Gasteiger partial charge in [0.1, 0.15) is 0 Å². The van der Waals surface area contributed by atoms with Gasteiger partial charge in [0, 0.05) is 6.20 Å². The highest BCUT2D eigenvalue weighted by Crippen LogP contribution is 2.29. The van der Waals surface area contributed by atoms with Crippen LogP contribution in [0.15, 0.2) is 48.7 Å². The topological polar surface area (TPSA) is 12.9 Å². The summed E-state index contributed by atoms with van der Waals surface area (Å²) in [5.41, 5.74) is 5.26. The van der Waals surface area contributed by atoms with Crippen LogP contribution < -0.4 is 0 Å². The van der Waals surface area contributed by atoms with Crippen molar-refractivity contribution >= 4 is 11.6 Å². The van der Waals surface area contributed by atoms with Gasteiger partial charge in [-0.3, -0.25) is 4.98 Å². The first-order valence-corrected chi connectivity index (χ1v) is 6.63. The maximum atomic E-state index is 4.59. The van der Waals surface area contributed by atoms with Crippen molar-refractivity contribution in [3.63, 3.8) is 0 Å². The van der Waals surface area contributed by atoms with Gasteiger partial charge in [0.15, 0.2) is 0 Å². The number of benzene rings is 1. The molecule has 1 aliphatic rings. The molecule has 1 nitrogen and oxygen atoms in total. The summed E-state index contributed by atoms with van der Waals surface area (Å²) in [5.74, 6) is 0. The van der Waals surface area contributed by atoms with Crippen molar-refractivity contribution < 1.29 is 0 Å². The molecule has 0 N–H and O–H groups in total. The molecule has 90 valence electrons. The van der Waals surface area contributed by atoms with Crippen LogP contribution in [0.25, 0.3) is 11.6 Å². The standard InChI is InChI=1S/C17H17N/c1-2-7-14(8-3-1)13-16-10-5-4-9-15-11-6-12-18-17(15)16/h1-3,6-8,11-13H,4-5,9-10H2/b16-13+. The first-order valence-electron chi connectivity index (χ1n) is 6.63. The third-order valence-electron chi connectivity index (χ3n) is 3.48. The Morgan fingerprint density at radius 3 is 2.61 bits per heavy atom. The second-order valence-electron chi connectivity index (χ2n) is 4.80. The molecule has 0 unspecified atom stereocenters. The van der Waals surface area contributed by atoms with Crippen LogP contribution in [-0.4, -0.2) is 4.98 Å². The number of fused-ring (bicyclic) bond motifs is 1. The summed E-state index contributed by atoms with van der Waals surface area (Å²) in [6.07, 6.45) is 9.02. The zero-order valence-electron chi connectivity index (χ0n) is 10.5. The number of pyridine rings is 1. The minimum atomic E-state index is 1.14. The molecule has 0 radical (unpaired) electrons. The van der Waals surface area contributed by atoms with Crippen molar-refractivity contribution in [1.82, 2.24) is 4.98 Å². The van der Waals surface area contributed by atoms with E-state index in [9.17, 15) is 0 Å². The first-order chi connectivity index (χ1) is 8.93. The molecular weight excluding hydrogens is 218 g/mol. The molecular formula is C17H17N. The molecule has 0 aliphatic heterocycles. The maximum Gasteiger partial charge on any atom is 0.0693 e. The van der Waals surface area contributed by atoms with Crippen LogP contribution >= 0.6 is 0 Å². The normalized spacial score (nSPS) is 17.2. The summed E-state index contributed by atoms with van der Waals surface area (Å²) in [4.78, 5) is 4.59. The third kappa shape index (κ3) is 2.35. The van der Waals surface area contributed by atoms with Crippen molar-refractivity contribution in [3.8, 4) is 0 Å². The number of allylic oxidation sites excluding steroid dienone is 1. The number of hydrogen-bond acceptors (Lipinski definition) is 1. The Balaban J connectivity index is 2.04. The SMILES string of the molecule is C(=C1/CCCCc2cccnc21)/c1ccccc1. The Kier molecular flexibility index (Phi) is 3.22. The fraction of sp³-hybridized carbons (Fsp3) is 0.235. The summed E-state index contributed by atoms with van der Waals surface area (Å²) < 4.78 is 0. The fourth-order valence-corrected chi connectivity index (χ4v) is 2.57. The molecule has 0 fully saturated rings. The molecule has 0 atom stereocenters. The highest BCUT2D eigenvalue weighted by molar-refractivity contribution is 5.81.